The van der Waals surface area contributed by atoms with E-state index in [1.807, 2.05) is 0 Å². The van der Waals surface area contributed by atoms with Crippen molar-refractivity contribution in [3.63, 3.8) is 0 Å². The van der Waals surface area contributed by atoms with Crippen molar-refractivity contribution in [3.8, 4) is 0 Å². The quantitative estimate of drug-likeness (QED) is 0.499. The molecule has 1 unspecified atom stereocenters. The third-order valence-electron chi connectivity index (χ3n) is 2.24. The molecule has 0 aromatic heterocycles. The average Bonchev–Trinajstić information content (AvgIpc) is 2.32. The molecule has 0 fully saturated rings. The van der Waals surface area contributed by atoms with Gasteiger partial charge in [-0.15, -0.1) is 0 Å². The number of carbonyl (C=O) groups excluding carboxylic acids is 2. The Morgan fingerprint density at radius 1 is 1.36 bits per heavy atom. The summed E-state index contributed by atoms with van der Waals surface area (Å²) in [6.45, 7) is 8.34. The second kappa shape index (κ2) is 9.04. The summed E-state index contributed by atoms with van der Waals surface area (Å²) in [5, 5.41) is 11.4. The van der Waals surface area contributed by atoms with Crippen LogP contribution >= 0.6 is 0 Å². The molecule has 1 amide bonds. The van der Waals surface area contributed by atoms with Crippen molar-refractivity contribution >= 4 is 18.0 Å². The number of carboxylic acids is 1. The minimum Gasteiger partial charge on any atom is -0.480 e. The Hall–Kier alpha value is -2.09. The predicted molar refractivity (Wildman–Crippen MR) is 79.4 cm³/mol. The predicted octanol–water partition coefficient (Wildman–Crippen LogP) is 0.625. The number of nitrogens with zero attached hydrogens (tertiary/aromatic N) is 1. The summed E-state index contributed by atoms with van der Waals surface area (Å²) in [5.41, 5.74) is -0.729. The summed E-state index contributed by atoms with van der Waals surface area (Å²) >= 11 is 0. The van der Waals surface area contributed by atoms with Crippen LogP contribution in [0.15, 0.2) is 12.7 Å². The zero-order valence-corrected chi connectivity index (χ0v) is 13.4. The molecule has 0 aliphatic heterocycles. The van der Waals surface area contributed by atoms with Gasteiger partial charge in [-0.2, -0.15) is 0 Å². The van der Waals surface area contributed by atoms with E-state index in [9.17, 15) is 14.4 Å². The van der Waals surface area contributed by atoms with Gasteiger partial charge >= 0.3 is 18.0 Å². The molecule has 0 rings (SSSR count). The van der Waals surface area contributed by atoms with E-state index in [0.29, 0.717) is 0 Å². The SMILES string of the molecule is C=CCOC(=O)CN(C)CC(NC(=O)OC(C)(C)C)C(=O)O. The van der Waals surface area contributed by atoms with Gasteiger partial charge in [-0.3, -0.25) is 9.69 Å². The van der Waals surface area contributed by atoms with Gasteiger partial charge in [0.25, 0.3) is 0 Å². The van der Waals surface area contributed by atoms with Gasteiger partial charge < -0.3 is 19.9 Å². The molecule has 0 heterocycles. The van der Waals surface area contributed by atoms with E-state index in [4.69, 9.17) is 14.6 Å². The topological polar surface area (TPSA) is 105 Å². The zero-order valence-electron chi connectivity index (χ0n) is 13.4. The van der Waals surface area contributed by atoms with E-state index in [2.05, 4.69) is 11.9 Å². The molecule has 0 aliphatic carbocycles. The number of hydrogen-bond donors (Lipinski definition) is 2. The van der Waals surface area contributed by atoms with Crippen LogP contribution in [0.5, 0.6) is 0 Å². The molecule has 8 nitrogen and oxygen atoms in total. The minimum atomic E-state index is -1.22. The number of ether oxygens (including phenoxy) is 2. The lowest BCUT2D eigenvalue weighted by Gasteiger charge is -2.24. The van der Waals surface area contributed by atoms with Crippen molar-refractivity contribution in [2.45, 2.75) is 32.4 Å². The number of hydrogen-bond acceptors (Lipinski definition) is 6. The normalized spacial score (nSPS) is 12.4. The van der Waals surface area contributed by atoms with Gasteiger partial charge in [-0.05, 0) is 27.8 Å². The first kappa shape index (κ1) is 19.9. The van der Waals surface area contributed by atoms with Crippen LogP contribution in [0.2, 0.25) is 0 Å². The van der Waals surface area contributed by atoms with Gasteiger partial charge in [-0.1, -0.05) is 12.7 Å². The molecule has 22 heavy (non-hydrogen) atoms. The lowest BCUT2D eigenvalue weighted by atomic mass is 10.2. The van der Waals surface area contributed by atoms with E-state index < -0.39 is 29.7 Å². The van der Waals surface area contributed by atoms with E-state index in [1.165, 1.54) is 11.0 Å². The molecule has 0 saturated carbocycles. The van der Waals surface area contributed by atoms with Crippen LogP contribution in [0, 0.1) is 0 Å². The Labute approximate surface area is 130 Å². The Kier molecular flexibility index (Phi) is 8.18. The number of alkyl carbamates (subject to hydrolysis) is 1. The number of nitrogens with one attached hydrogen (secondary N) is 1. The molecular weight excluding hydrogens is 292 g/mol. The van der Waals surface area contributed by atoms with Crippen molar-refractivity contribution in [2.75, 3.05) is 26.7 Å². The van der Waals surface area contributed by atoms with Gasteiger partial charge in [0.1, 0.15) is 18.2 Å². The fraction of sp³-hybridized carbons (Fsp3) is 0.643. The second-order valence-corrected chi connectivity index (χ2v) is 5.71. The highest BCUT2D eigenvalue weighted by molar-refractivity contribution is 5.80. The minimum absolute atomic E-state index is 0.0717. The maximum Gasteiger partial charge on any atom is 0.408 e. The lowest BCUT2D eigenvalue weighted by Crippen LogP contribution is -2.49. The fourth-order valence-corrected chi connectivity index (χ4v) is 1.43. The van der Waals surface area contributed by atoms with Crippen molar-refractivity contribution in [2.24, 2.45) is 0 Å². The largest absolute Gasteiger partial charge is 0.480 e. The Balaban J connectivity index is 4.46. The van der Waals surface area contributed by atoms with E-state index in [1.54, 1.807) is 27.8 Å². The zero-order chi connectivity index (χ0) is 17.3. The molecule has 0 aromatic carbocycles. The van der Waals surface area contributed by atoms with Crippen molar-refractivity contribution in [1.82, 2.24) is 10.2 Å². The summed E-state index contributed by atoms with van der Waals surface area (Å²) in [6.07, 6.45) is 0.602. The van der Waals surface area contributed by atoms with Gasteiger partial charge in [0.15, 0.2) is 0 Å². The number of carboxylic acid groups (broad SMARTS) is 1. The molecular formula is C14H24N2O6. The molecule has 0 spiro atoms. The molecule has 0 aromatic rings. The molecule has 126 valence electrons. The van der Waals surface area contributed by atoms with Crippen LogP contribution in [0.4, 0.5) is 4.79 Å². The molecule has 0 radical (unpaired) electrons. The van der Waals surface area contributed by atoms with Crippen molar-refractivity contribution < 1.29 is 29.0 Å². The summed E-state index contributed by atoms with van der Waals surface area (Å²) in [5.74, 6) is -1.74. The van der Waals surface area contributed by atoms with Crippen molar-refractivity contribution in [1.29, 1.82) is 0 Å². The molecule has 0 saturated heterocycles. The standard InChI is InChI=1S/C14H24N2O6/c1-6-7-21-11(17)9-16(5)8-10(12(18)19)15-13(20)22-14(2,3)4/h6,10H,1,7-9H2,2-5H3,(H,15,20)(H,18,19). The fourth-order valence-electron chi connectivity index (χ4n) is 1.43. The molecule has 8 heteroatoms. The van der Waals surface area contributed by atoms with Gasteiger partial charge in [0.05, 0.1) is 6.54 Å². The van der Waals surface area contributed by atoms with Crippen molar-refractivity contribution in [3.05, 3.63) is 12.7 Å². The van der Waals surface area contributed by atoms with E-state index >= 15 is 0 Å². The highest BCUT2D eigenvalue weighted by atomic mass is 16.6. The van der Waals surface area contributed by atoms with Crippen LogP contribution in [-0.2, 0) is 19.1 Å². The van der Waals surface area contributed by atoms with Gasteiger partial charge in [0, 0.05) is 6.54 Å². The first-order valence-corrected chi connectivity index (χ1v) is 6.72. The maximum atomic E-state index is 11.6. The molecule has 2 N–H and O–H groups in total. The molecule has 0 aliphatic rings. The van der Waals surface area contributed by atoms with E-state index in [0.717, 1.165) is 0 Å². The maximum absolute atomic E-state index is 11.6. The third kappa shape index (κ3) is 9.76. The van der Waals surface area contributed by atoms with Crippen LogP contribution in [0.1, 0.15) is 20.8 Å². The smallest absolute Gasteiger partial charge is 0.408 e. The number of aliphatic carboxylic acids is 1. The van der Waals surface area contributed by atoms with Crippen LogP contribution in [0.25, 0.3) is 0 Å². The Morgan fingerprint density at radius 2 is 1.95 bits per heavy atom. The summed E-state index contributed by atoms with van der Waals surface area (Å²) < 4.78 is 9.79. The van der Waals surface area contributed by atoms with Gasteiger partial charge in [-0.25, -0.2) is 9.59 Å². The third-order valence-corrected chi connectivity index (χ3v) is 2.24. The number of esters is 1. The number of amides is 1. The number of rotatable bonds is 8. The summed E-state index contributed by atoms with van der Waals surface area (Å²) in [4.78, 5) is 35.6. The Bertz CT molecular complexity index is 416. The monoisotopic (exact) mass is 316 g/mol. The number of likely N-dealkylation sites (N-methyl/N-ethyl adjacent to an activating group) is 1. The van der Waals surface area contributed by atoms with Crippen LogP contribution < -0.4 is 5.32 Å². The van der Waals surface area contributed by atoms with Crippen LogP contribution in [0.3, 0.4) is 0 Å². The number of carbonyl (C=O) groups is 3. The second-order valence-electron chi connectivity index (χ2n) is 5.71. The average molecular weight is 316 g/mol. The van der Waals surface area contributed by atoms with Gasteiger partial charge in [0.2, 0.25) is 0 Å². The lowest BCUT2D eigenvalue weighted by molar-refractivity contribution is -0.145. The summed E-state index contributed by atoms with van der Waals surface area (Å²) in [6, 6.07) is -1.20. The first-order chi connectivity index (χ1) is 10.0. The van der Waals surface area contributed by atoms with Crippen LogP contribution in [-0.4, -0.2) is 66.4 Å². The Morgan fingerprint density at radius 3 is 2.41 bits per heavy atom. The first-order valence-electron chi connectivity index (χ1n) is 6.72. The molecule has 0 bridgehead atoms. The van der Waals surface area contributed by atoms with E-state index in [-0.39, 0.29) is 19.7 Å². The highest BCUT2D eigenvalue weighted by Gasteiger charge is 2.25. The molecule has 1 atom stereocenters. The highest BCUT2D eigenvalue weighted by Crippen LogP contribution is 2.07. The summed E-state index contributed by atoms with van der Waals surface area (Å²) in [7, 11) is 1.54.